The number of nitrogens with two attached hydrogens (primary N) is 1. The minimum absolute atomic E-state index is 0.00259. The van der Waals surface area contributed by atoms with Crippen molar-refractivity contribution < 1.29 is 13.5 Å². The number of aromatic nitrogens is 1. The normalized spacial score (nSPS) is 23.4. The summed E-state index contributed by atoms with van der Waals surface area (Å²) in [6.45, 7) is 1.28. The summed E-state index contributed by atoms with van der Waals surface area (Å²) in [6, 6.07) is 3.52. The van der Waals surface area contributed by atoms with Crippen LogP contribution in [0.1, 0.15) is 12.8 Å². The molecule has 0 aromatic carbocycles. The maximum atomic E-state index is 12.9. The van der Waals surface area contributed by atoms with Gasteiger partial charge in [0.25, 0.3) is 0 Å². The monoisotopic (exact) mass is 255 g/mol. The van der Waals surface area contributed by atoms with Gasteiger partial charge in [0.2, 0.25) is 11.8 Å². The molecule has 1 aromatic heterocycles. The average molecular weight is 255 g/mol. The zero-order valence-corrected chi connectivity index (χ0v) is 10.1. The highest BCUT2D eigenvalue weighted by Gasteiger charge is 2.61. The topological polar surface area (TPSA) is 51.4 Å². The molecule has 1 aromatic rings. The molecule has 18 heavy (non-hydrogen) atoms. The van der Waals surface area contributed by atoms with Crippen LogP contribution in [0.3, 0.4) is 0 Å². The summed E-state index contributed by atoms with van der Waals surface area (Å²) in [5.41, 5.74) is 5.96. The highest BCUT2D eigenvalue weighted by Crippen LogP contribution is 2.57. The fraction of sp³-hybridized carbons (Fsp3) is 0.583. The molecule has 0 radical (unpaired) electrons. The van der Waals surface area contributed by atoms with E-state index in [1.54, 1.807) is 12.1 Å². The molecule has 0 unspecified atom stereocenters. The standard InChI is InChI=1S/C12H15F2N3O/c1-18-10-8(15)2-3-9(16-10)17-6-11(7-17)4-12(13,14)5-11/h2-3H,4-7,15H2,1H3. The molecule has 4 nitrogen and oxygen atoms in total. The van der Waals surface area contributed by atoms with E-state index >= 15 is 0 Å². The summed E-state index contributed by atoms with van der Waals surface area (Å²) in [6.07, 6.45) is 0.00517. The van der Waals surface area contributed by atoms with Crippen molar-refractivity contribution in [3.8, 4) is 5.88 Å². The van der Waals surface area contributed by atoms with Gasteiger partial charge in [-0.15, -0.1) is 0 Å². The summed E-state index contributed by atoms with van der Waals surface area (Å²) in [4.78, 5) is 6.25. The lowest BCUT2D eigenvalue weighted by Crippen LogP contribution is -2.66. The zero-order chi connectivity index (χ0) is 13.0. The number of rotatable bonds is 2. The lowest BCUT2D eigenvalue weighted by Gasteiger charge is -2.59. The highest BCUT2D eigenvalue weighted by atomic mass is 19.3. The molecule has 2 fully saturated rings. The second kappa shape index (κ2) is 3.46. The lowest BCUT2D eigenvalue weighted by molar-refractivity contribution is -0.170. The second-order valence-corrected chi connectivity index (χ2v) is 5.33. The number of ether oxygens (including phenoxy) is 1. The van der Waals surface area contributed by atoms with Gasteiger partial charge in [-0.3, -0.25) is 0 Å². The first-order chi connectivity index (χ1) is 8.43. The van der Waals surface area contributed by atoms with Crippen LogP contribution in [0.5, 0.6) is 5.88 Å². The van der Waals surface area contributed by atoms with E-state index < -0.39 is 5.92 Å². The van der Waals surface area contributed by atoms with Gasteiger partial charge >= 0.3 is 0 Å². The third kappa shape index (κ3) is 1.67. The Bertz CT molecular complexity index is 476. The van der Waals surface area contributed by atoms with Gasteiger partial charge in [0, 0.05) is 31.3 Å². The number of hydrogen-bond donors (Lipinski definition) is 1. The van der Waals surface area contributed by atoms with E-state index in [1.807, 2.05) is 4.90 Å². The van der Waals surface area contributed by atoms with E-state index in [1.165, 1.54) is 7.11 Å². The molecule has 0 bridgehead atoms. The molecule has 1 saturated carbocycles. The Hall–Kier alpha value is -1.59. The molecule has 2 N–H and O–H groups in total. The summed E-state index contributed by atoms with van der Waals surface area (Å²) < 4.78 is 30.8. The van der Waals surface area contributed by atoms with Crippen molar-refractivity contribution in [1.29, 1.82) is 0 Å². The SMILES string of the molecule is COc1nc(N2CC3(C2)CC(F)(F)C3)ccc1N. The van der Waals surface area contributed by atoms with Crippen molar-refractivity contribution in [2.45, 2.75) is 18.8 Å². The van der Waals surface area contributed by atoms with Gasteiger partial charge in [-0.2, -0.15) is 4.98 Å². The number of pyridine rings is 1. The summed E-state index contributed by atoms with van der Waals surface area (Å²) in [5, 5.41) is 0. The fourth-order valence-electron chi connectivity index (χ4n) is 2.98. The average Bonchev–Trinajstić information content (AvgIpc) is 2.23. The van der Waals surface area contributed by atoms with Crippen molar-refractivity contribution in [3.05, 3.63) is 12.1 Å². The van der Waals surface area contributed by atoms with Crippen LogP contribution in [0, 0.1) is 5.41 Å². The summed E-state index contributed by atoms with van der Waals surface area (Å²) in [7, 11) is 1.51. The maximum absolute atomic E-state index is 12.9. The van der Waals surface area contributed by atoms with Crippen LogP contribution in [0.25, 0.3) is 0 Å². The predicted molar refractivity (Wildman–Crippen MR) is 64.0 cm³/mol. The van der Waals surface area contributed by atoms with Crippen LogP contribution >= 0.6 is 0 Å². The van der Waals surface area contributed by atoms with E-state index in [2.05, 4.69) is 4.98 Å². The molecule has 1 saturated heterocycles. The summed E-state index contributed by atoms with van der Waals surface area (Å²) >= 11 is 0. The summed E-state index contributed by atoms with van der Waals surface area (Å²) in [5.74, 6) is -1.34. The molecule has 1 aliphatic heterocycles. The first kappa shape index (κ1) is 11.5. The molecule has 1 aliphatic carbocycles. The van der Waals surface area contributed by atoms with Crippen LogP contribution in [-0.2, 0) is 0 Å². The van der Waals surface area contributed by atoms with E-state index in [0.29, 0.717) is 24.7 Å². The van der Waals surface area contributed by atoms with Gasteiger partial charge in [0.15, 0.2) is 0 Å². The second-order valence-electron chi connectivity index (χ2n) is 5.33. The number of anilines is 2. The molecule has 2 aliphatic rings. The van der Waals surface area contributed by atoms with E-state index in [-0.39, 0.29) is 18.3 Å². The van der Waals surface area contributed by atoms with Crippen molar-refractivity contribution in [2.24, 2.45) is 5.41 Å². The number of nitrogens with zero attached hydrogens (tertiary/aromatic N) is 2. The van der Waals surface area contributed by atoms with Crippen LogP contribution in [-0.4, -0.2) is 31.1 Å². The zero-order valence-electron chi connectivity index (χ0n) is 10.1. The molecule has 3 rings (SSSR count). The van der Waals surface area contributed by atoms with Gasteiger partial charge in [0.05, 0.1) is 12.8 Å². The number of methoxy groups -OCH3 is 1. The van der Waals surface area contributed by atoms with Gasteiger partial charge in [-0.05, 0) is 12.1 Å². The molecule has 0 atom stereocenters. The molecule has 0 amide bonds. The number of halogens is 2. The molecular weight excluding hydrogens is 240 g/mol. The molecule has 2 heterocycles. The van der Waals surface area contributed by atoms with Crippen LogP contribution < -0.4 is 15.4 Å². The van der Waals surface area contributed by atoms with Gasteiger partial charge in [-0.25, -0.2) is 8.78 Å². The number of nitrogen functional groups attached to an aromatic ring is 1. The van der Waals surface area contributed by atoms with Crippen molar-refractivity contribution in [2.75, 3.05) is 30.8 Å². The largest absolute Gasteiger partial charge is 0.479 e. The molecule has 98 valence electrons. The highest BCUT2D eigenvalue weighted by molar-refractivity contribution is 5.56. The van der Waals surface area contributed by atoms with Crippen molar-refractivity contribution >= 4 is 11.5 Å². The van der Waals surface area contributed by atoms with E-state index in [0.717, 1.165) is 5.82 Å². The van der Waals surface area contributed by atoms with E-state index in [4.69, 9.17) is 10.5 Å². The first-order valence-corrected chi connectivity index (χ1v) is 5.86. The fourth-order valence-corrected chi connectivity index (χ4v) is 2.98. The minimum Gasteiger partial charge on any atom is -0.479 e. The van der Waals surface area contributed by atoms with Crippen LogP contribution in [0.4, 0.5) is 20.3 Å². The Morgan fingerprint density at radius 2 is 2.00 bits per heavy atom. The van der Waals surface area contributed by atoms with E-state index in [9.17, 15) is 8.78 Å². The maximum Gasteiger partial charge on any atom is 0.249 e. The Kier molecular flexibility index (Phi) is 2.21. The van der Waals surface area contributed by atoms with Gasteiger partial charge in [0.1, 0.15) is 5.82 Å². The third-order valence-corrected chi connectivity index (χ3v) is 3.71. The lowest BCUT2D eigenvalue weighted by atomic mass is 9.61. The Balaban J connectivity index is 1.69. The Morgan fingerprint density at radius 3 is 2.56 bits per heavy atom. The third-order valence-electron chi connectivity index (χ3n) is 3.71. The molecule has 6 heteroatoms. The predicted octanol–water partition coefficient (Wildman–Crippen LogP) is 1.91. The Morgan fingerprint density at radius 1 is 1.33 bits per heavy atom. The Labute approximate surface area is 104 Å². The smallest absolute Gasteiger partial charge is 0.249 e. The van der Waals surface area contributed by atoms with Crippen molar-refractivity contribution in [1.82, 2.24) is 4.98 Å². The minimum atomic E-state index is -2.46. The quantitative estimate of drug-likeness (QED) is 0.877. The number of hydrogen-bond acceptors (Lipinski definition) is 4. The molecular formula is C12H15F2N3O. The van der Waals surface area contributed by atoms with Gasteiger partial charge < -0.3 is 15.4 Å². The molecule has 1 spiro atoms. The van der Waals surface area contributed by atoms with Gasteiger partial charge in [-0.1, -0.05) is 0 Å². The number of alkyl halides is 2. The first-order valence-electron chi connectivity index (χ1n) is 5.86. The van der Waals surface area contributed by atoms with Crippen LogP contribution in [0.2, 0.25) is 0 Å². The van der Waals surface area contributed by atoms with Crippen molar-refractivity contribution in [3.63, 3.8) is 0 Å². The van der Waals surface area contributed by atoms with Crippen LogP contribution in [0.15, 0.2) is 12.1 Å².